The van der Waals surface area contributed by atoms with Gasteiger partial charge in [0, 0.05) is 16.3 Å². The number of nitrogens with zero attached hydrogens (tertiary/aromatic N) is 1. The van der Waals surface area contributed by atoms with Crippen molar-refractivity contribution in [2.75, 3.05) is 11.5 Å². The van der Waals surface area contributed by atoms with E-state index >= 15 is 0 Å². The maximum Gasteiger partial charge on any atom is 0.303 e. The Hall–Kier alpha value is -3.12. The minimum Gasteiger partial charge on any atom is -0.481 e. The molecule has 0 saturated heterocycles. The Morgan fingerprint density at radius 1 is 1.05 bits per heavy atom. The molecule has 6 heteroatoms. The van der Waals surface area contributed by atoms with E-state index in [1.54, 1.807) is 0 Å². The molecule has 4 aromatic rings. The van der Waals surface area contributed by atoms with Crippen molar-refractivity contribution in [3.05, 3.63) is 112 Å². The Labute approximate surface area is 251 Å². The molecule has 1 unspecified atom stereocenters. The zero-order valence-electron chi connectivity index (χ0n) is 23.5. The van der Waals surface area contributed by atoms with Gasteiger partial charge in [0.15, 0.2) is 0 Å². The van der Waals surface area contributed by atoms with Gasteiger partial charge in [-0.1, -0.05) is 78.3 Å². The number of thioether (sulfide) groups is 1. The van der Waals surface area contributed by atoms with Crippen molar-refractivity contribution in [3.63, 3.8) is 0 Å². The number of rotatable bonds is 12. The van der Waals surface area contributed by atoms with Crippen LogP contribution in [-0.2, 0) is 10.4 Å². The molecule has 2 N–H and O–H groups in total. The van der Waals surface area contributed by atoms with E-state index in [2.05, 4.69) is 42.5 Å². The number of halogens is 1. The molecular formula is C35H36ClNO3S. The molecular weight excluding hydrogens is 550 g/mol. The third-order valence-electron chi connectivity index (χ3n) is 7.87. The molecule has 1 aromatic heterocycles. The monoisotopic (exact) mass is 585 g/mol. The van der Waals surface area contributed by atoms with Crippen LogP contribution in [0, 0.1) is 5.41 Å². The summed E-state index contributed by atoms with van der Waals surface area (Å²) in [5, 5.41) is 22.0. The zero-order valence-corrected chi connectivity index (χ0v) is 25.1. The van der Waals surface area contributed by atoms with Gasteiger partial charge in [-0.05, 0) is 96.6 Å². The van der Waals surface area contributed by atoms with E-state index in [0.29, 0.717) is 5.02 Å². The van der Waals surface area contributed by atoms with E-state index in [-0.39, 0.29) is 17.8 Å². The molecule has 41 heavy (non-hydrogen) atoms. The van der Waals surface area contributed by atoms with Crippen molar-refractivity contribution < 1.29 is 15.0 Å². The minimum atomic E-state index is -0.969. The number of hydrogen-bond donors (Lipinski definition) is 2. The second-order valence-electron chi connectivity index (χ2n) is 11.7. The van der Waals surface area contributed by atoms with Gasteiger partial charge in [0.25, 0.3) is 0 Å². The molecule has 5 rings (SSSR count). The molecule has 212 valence electrons. The number of carbonyl (C=O) groups is 1. The molecule has 1 aliphatic rings. The smallest absolute Gasteiger partial charge is 0.303 e. The summed E-state index contributed by atoms with van der Waals surface area (Å²) in [6, 6.07) is 26.5. The van der Waals surface area contributed by atoms with Gasteiger partial charge in [-0.3, -0.25) is 4.79 Å². The van der Waals surface area contributed by atoms with Crippen LogP contribution in [0.2, 0.25) is 5.02 Å². The maximum atomic E-state index is 11.3. The molecule has 0 aliphatic heterocycles. The summed E-state index contributed by atoms with van der Waals surface area (Å²) in [5.74, 6) is 1.18. The number of aliphatic hydroxyl groups is 1. The second-order valence-corrected chi connectivity index (χ2v) is 13.2. The lowest BCUT2D eigenvalue weighted by Crippen LogP contribution is -2.20. The lowest BCUT2D eigenvalue weighted by Gasteiger charge is -2.27. The number of aromatic nitrogens is 1. The van der Waals surface area contributed by atoms with Crippen molar-refractivity contribution in [2.24, 2.45) is 5.41 Å². The van der Waals surface area contributed by atoms with Crippen molar-refractivity contribution in [3.8, 4) is 0 Å². The Morgan fingerprint density at radius 2 is 1.83 bits per heavy atom. The first kappa shape index (κ1) is 29.4. The Bertz CT molecular complexity index is 1570. The van der Waals surface area contributed by atoms with Crippen LogP contribution in [-0.4, -0.2) is 32.7 Å². The van der Waals surface area contributed by atoms with Crippen LogP contribution in [0.4, 0.5) is 0 Å². The summed E-state index contributed by atoms with van der Waals surface area (Å²) in [5.41, 5.74) is 5.06. The predicted molar refractivity (Wildman–Crippen MR) is 172 cm³/mol. The van der Waals surface area contributed by atoms with E-state index in [1.807, 2.05) is 74.1 Å². The molecule has 1 heterocycles. The van der Waals surface area contributed by atoms with E-state index in [4.69, 9.17) is 16.6 Å². The van der Waals surface area contributed by atoms with Crippen LogP contribution in [0.1, 0.15) is 73.4 Å². The molecule has 0 spiro atoms. The molecule has 0 bridgehead atoms. The molecule has 1 fully saturated rings. The normalized spacial score (nSPS) is 15.3. The van der Waals surface area contributed by atoms with Crippen LogP contribution >= 0.6 is 23.4 Å². The third-order valence-corrected chi connectivity index (χ3v) is 9.45. The highest BCUT2D eigenvalue weighted by molar-refractivity contribution is 7.99. The van der Waals surface area contributed by atoms with Crippen molar-refractivity contribution in [1.29, 1.82) is 0 Å². The molecule has 0 amide bonds. The van der Waals surface area contributed by atoms with Crippen LogP contribution in [0.15, 0.2) is 78.9 Å². The Kier molecular flexibility index (Phi) is 8.88. The number of benzene rings is 3. The van der Waals surface area contributed by atoms with Gasteiger partial charge >= 0.3 is 5.97 Å². The number of fused-ring (bicyclic) bond motifs is 1. The van der Waals surface area contributed by atoms with Crippen LogP contribution in [0.3, 0.4) is 0 Å². The SMILES string of the molecule is CC(C)(O)c1ccccc1C(CCSCC1(CC(=O)O)CC1)c1cccc(/C=C/c2ccc3ccc(Cl)cc3n2)c1. The lowest BCUT2D eigenvalue weighted by atomic mass is 9.81. The number of aliphatic carboxylic acids is 1. The van der Waals surface area contributed by atoms with Gasteiger partial charge in [-0.25, -0.2) is 4.98 Å². The summed E-state index contributed by atoms with van der Waals surface area (Å²) in [6.45, 7) is 3.67. The summed E-state index contributed by atoms with van der Waals surface area (Å²) < 4.78 is 0. The van der Waals surface area contributed by atoms with E-state index in [1.165, 1.54) is 5.56 Å². The minimum absolute atomic E-state index is 0.0240. The third kappa shape index (κ3) is 7.59. The first-order chi connectivity index (χ1) is 19.6. The van der Waals surface area contributed by atoms with Gasteiger partial charge in [0.05, 0.1) is 23.2 Å². The Morgan fingerprint density at radius 3 is 2.59 bits per heavy atom. The summed E-state index contributed by atoms with van der Waals surface area (Å²) in [6.07, 6.45) is 7.26. The molecule has 1 saturated carbocycles. The fourth-order valence-electron chi connectivity index (χ4n) is 5.48. The second kappa shape index (κ2) is 12.4. The summed E-state index contributed by atoms with van der Waals surface area (Å²) >= 11 is 8.02. The van der Waals surface area contributed by atoms with E-state index in [9.17, 15) is 15.0 Å². The first-order valence-electron chi connectivity index (χ1n) is 14.1. The quantitative estimate of drug-likeness (QED) is 0.163. The average Bonchev–Trinajstić information content (AvgIpc) is 3.69. The van der Waals surface area contributed by atoms with E-state index < -0.39 is 11.6 Å². The number of pyridine rings is 1. The predicted octanol–water partition coefficient (Wildman–Crippen LogP) is 8.80. The van der Waals surface area contributed by atoms with Crippen LogP contribution in [0.25, 0.3) is 23.1 Å². The van der Waals surface area contributed by atoms with Gasteiger partial charge in [0.2, 0.25) is 0 Å². The van der Waals surface area contributed by atoms with E-state index in [0.717, 1.165) is 64.1 Å². The summed E-state index contributed by atoms with van der Waals surface area (Å²) in [4.78, 5) is 16.0. The molecule has 0 radical (unpaired) electrons. The summed E-state index contributed by atoms with van der Waals surface area (Å²) in [7, 11) is 0. The molecule has 1 atom stereocenters. The molecule has 3 aromatic carbocycles. The highest BCUT2D eigenvalue weighted by Crippen LogP contribution is 2.51. The van der Waals surface area contributed by atoms with Gasteiger partial charge in [0.1, 0.15) is 0 Å². The fourth-order valence-corrected chi connectivity index (χ4v) is 7.02. The average molecular weight is 586 g/mol. The van der Waals surface area contributed by atoms with Crippen molar-refractivity contribution in [2.45, 2.75) is 51.0 Å². The Balaban J connectivity index is 1.39. The van der Waals surface area contributed by atoms with Gasteiger partial charge in [-0.15, -0.1) is 0 Å². The topological polar surface area (TPSA) is 70.4 Å². The number of carboxylic acids is 1. The highest BCUT2D eigenvalue weighted by Gasteiger charge is 2.44. The van der Waals surface area contributed by atoms with Gasteiger partial charge < -0.3 is 10.2 Å². The number of carboxylic acid groups (broad SMARTS) is 1. The highest BCUT2D eigenvalue weighted by atomic mass is 35.5. The van der Waals surface area contributed by atoms with Crippen LogP contribution < -0.4 is 0 Å². The maximum absolute atomic E-state index is 11.3. The first-order valence-corrected chi connectivity index (χ1v) is 15.6. The van der Waals surface area contributed by atoms with Crippen molar-refractivity contribution in [1.82, 2.24) is 4.98 Å². The largest absolute Gasteiger partial charge is 0.481 e. The van der Waals surface area contributed by atoms with Crippen molar-refractivity contribution >= 4 is 52.4 Å². The molecule has 1 aliphatic carbocycles. The molecule has 4 nitrogen and oxygen atoms in total. The standard InChI is InChI=1S/C35H36ClNO3S/c1-34(2,40)31-9-4-3-8-30(31)29(16-19-41-23-35(17-18-35)22-33(38)39)26-7-5-6-24(20-26)10-14-28-15-12-25-11-13-27(36)21-32(25)37-28/h3-15,20-21,29,40H,16-19,22-23H2,1-2H3,(H,38,39)/b14-10+. The zero-order chi connectivity index (χ0) is 29.0. The number of hydrogen-bond acceptors (Lipinski definition) is 4. The van der Waals surface area contributed by atoms with Crippen LogP contribution in [0.5, 0.6) is 0 Å². The lowest BCUT2D eigenvalue weighted by molar-refractivity contribution is -0.138. The fraction of sp³-hybridized carbons (Fsp3) is 0.314. The van der Waals surface area contributed by atoms with Gasteiger partial charge in [-0.2, -0.15) is 11.8 Å².